The number of hydrogen-bond donors (Lipinski definition) is 1. The van der Waals surface area contributed by atoms with Crippen molar-refractivity contribution in [3.63, 3.8) is 0 Å². The molecule has 0 aliphatic rings. The molecule has 0 amide bonds. The second-order valence-electron chi connectivity index (χ2n) is 4.23. The van der Waals surface area contributed by atoms with Crippen molar-refractivity contribution in [3.05, 3.63) is 58.0 Å². The SMILES string of the molecule is Cc1cc(-c2cccc(CN)c2)cn(C)c1=O. The van der Waals surface area contributed by atoms with Crippen molar-refractivity contribution in [2.75, 3.05) is 0 Å². The molecule has 2 N–H and O–H groups in total. The van der Waals surface area contributed by atoms with Crippen LogP contribution < -0.4 is 11.3 Å². The fourth-order valence-electron chi connectivity index (χ4n) is 1.91. The van der Waals surface area contributed by atoms with Gasteiger partial charge in [-0.15, -0.1) is 0 Å². The van der Waals surface area contributed by atoms with E-state index in [1.54, 1.807) is 11.6 Å². The Morgan fingerprint density at radius 3 is 2.65 bits per heavy atom. The van der Waals surface area contributed by atoms with E-state index in [0.717, 1.165) is 22.3 Å². The monoisotopic (exact) mass is 228 g/mol. The van der Waals surface area contributed by atoms with Crippen molar-refractivity contribution in [3.8, 4) is 11.1 Å². The quantitative estimate of drug-likeness (QED) is 0.852. The second-order valence-corrected chi connectivity index (χ2v) is 4.23. The van der Waals surface area contributed by atoms with Gasteiger partial charge in [-0.1, -0.05) is 18.2 Å². The van der Waals surface area contributed by atoms with Gasteiger partial charge in [-0.05, 0) is 35.7 Å². The van der Waals surface area contributed by atoms with Gasteiger partial charge in [-0.25, -0.2) is 0 Å². The first kappa shape index (κ1) is 11.6. The van der Waals surface area contributed by atoms with Crippen LogP contribution in [0.3, 0.4) is 0 Å². The number of nitrogens with two attached hydrogens (primary N) is 1. The van der Waals surface area contributed by atoms with Crippen LogP contribution in [0.4, 0.5) is 0 Å². The summed E-state index contributed by atoms with van der Waals surface area (Å²) >= 11 is 0. The summed E-state index contributed by atoms with van der Waals surface area (Å²) in [5.74, 6) is 0. The maximum Gasteiger partial charge on any atom is 0.253 e. The molecule has 0 aliphatic carbocycles. The second kappa shape index (κ2) is 4.55. The van der Waals surface area contributed by atoms with Crippen LogP contribution in [0.1, 0.15) is 11.1 Å². The number of benzene rings is 1. The molecule has 0 atom stereocenters. The fraction of sp³-hybridized carbons (Fsp3) is 0.214. The molecule has 3 heteroatoms. The van der Waals surface area contributed by atoms with Crippen LogP contribution in [0.15, 0.2) is 41.3 Å². The van der Waals surface area contributed by atoms with E-state index < -0.39 is 0 Å². The van der Waals surface area contributed by atoms with Crippen LogP contribution in [-0.2, 0) is 13.6 Å². The summed E-state index contributed by atoms with van der Waals surface area (Å²) in [7, 11) is 1.77. The summed E-state index contributed by atoms with van der Waals surface area (Å²) < 4.78 is 1.61. The summed E-state index contributed by atoms with van der Waals surface area (Å²) in [6, 6.07) is 9.98. The van der Waals surface area contributed by atoms with Crippen molar-refractivity contribution in [1.29, 1.82) is 0 Å². The highest BCUT2D eigenvalue weighted by Crippen LogP contribution is 2.19. The van der Waals surface area contributed by atoms with Crippen molar-refractivity contribution in [2.45, 2.75) is 13.5 Å². The third-order valence-corrected chi connectivity index (χ3v) is 2.86. The topological polar surface area (TPSA) is 48.0 Å². The Hall–Kier alpha value is -1.87. The maximum atomic E-state index is 11.6. The molecule has 1 heterocycles. The minimum atomic E-state index is 0.0451. The van der Waals surface area contributed by atoms with Gasteiger partial charge < -0.3 is 10.3 Å². The average molecular weight is 228 g/mol. The van der Waals surface area contributed by atoms with Gasteiger partial charge in [-0.2, -0.15) is 0 Å². The zero-order chi connectivity index (χ0) is 12.4. The van der Waals surface area contributed by atoms with Gasteiger partial charge in [0.25, 0.3) is 5.56 Å². The van der Waals surface area contributed by atoms with E-state index in [2.05, 4.69) is 6.07 Å². The van der Waals surface area contributed by atoms with Crippen LogP contribution >= 0.6 is 0 Å². The largest absolute Gasteiger partial charge is 0.326 e. The van der Waals surface area contributed by atoms with Crippen molar-refractivity contribution in [1.82, 2.24) is 4.57 Å². The van der Waals surface area contributed by atoms with Crippen LogP contribution in [0.5, 0.6) is 0 Å². The molecule has 1 aromatic heterocycles. The van der Waals surface area contributed by atoms with Crippen LogP contribution in [0.2, 0.25) is 0 Å². The first-order valence-electron chi connectivity index (χ1n) is 5.58. The normalized spacial score (nSPS) is 10.5. The summed E-state index contributed by atoms with van der Waals surface area (Å²) in [4.78, 5) is 11.6. The van der Waals surface area contributed by atoms with E-state index in [1.165, 1.54) is 0 Å². The van der Waals surface area contributed by atoms with Gasteiger partial charge in [0.2, 0.25) is 0 Å². The lowest BCUT2D eigenvalue weighted by Gasteiger charge is -2.07. The minimum Gasteiger partial charge on any atom is -0.326 e. The maximum absolute atomic E-state index is 11.6. The molecule has 0 bridgehead atoms. The molecule has 0 spiro atoms. The molecule has 1 aromatic carbocycles. The smallest absolute Gasteiger partial charge is 0.253 e. The van der Waals surface area contributed by atoms with E-state index in [1.807, 2.05) is 37.4 Å². The van der Waals surface area contributed by atoms with Crippen LogP contribution in [-0.4, -0.2) is 4.57 Å². The number of aromatic nitrogens is 1. The molecule has 2 rings (SSSR count). The molecular weight excluding hydrogens is 212 g/mol. The van der Waals surface area contributed by atoms with Gasteiger partial charge >= 0.3 is 0 Å². The molecule has 0 aliphatic heterocycles. The van der Waals surface area contributed by atoms with Gasteiger partial charge in [-0.3, -0.25) is 4.79 Å². The molecule has 0 unspecified atom stereocenters. The standard InChI is InChI=1S/C14H16N2O/c1-10-6-13(9-16(2)14(10)17)12-5-3-4-11(7-12)8-15/h3-7,9H,8,15H2,1-2H3. The summed E-state index contributed by atoms with van der Waals surface area (Å²) in [5.41, 5.74) is 9.65. The van der Waals surface area contributed by atoms with Gasteiger partial charge in [0.05, 0.1) is 0 Å². The number of nitrogens with zero attached hydrogens (tertiary/aromatic N) is 1. The highest BCUT2D eigenvalue weighted by molar-refractivity contribution is 5.63. The van der Waals surface area contributed by atoms with Gasteiger partial charge in [0, 0.05) is 25.4 Å². The predicted molar refractivity (Wildman–Crippen MR) is 69.7 cm³/mol. The zero-order valence-corrected chi connectivity index (χ0v) is 10.1. The molecule has 0 fully saturated rings. The number of pyridine rings is 1. The van der Waals surface area contributed by atoms with Crippen LogP contribution in [0.25, 0.3) is 11.1 Å². The Kier molecular flexibility index (Phi) is 3.11. The van der Waals surface area contributed by atoms with E-state index >= 15 is 0 Å². The summed E-state index contributed by atoms with van der Waals surface area (Å²) in [6.45, 7) is 2.36. The van der Waals surface area contributed by atoms with Crippen molar-refractivity contribution in [2.24, 2.45) is 12.8 Å². The van der Waals surface area contributed by atoms with E-state index in [4.69, 9.17) is 5.73 Å². The minimum absolute atomic E-state index is 0.0451. The predicted octanol–water partition coefficient (Wildman–Crippen LogP) is 1.82. The molecule has 0 radical (unpaired) electrons. The van der Waals surface area contributed by atoms with Crippen molar-refractivity contribution >= 4 is 0 Å². The Labute approximate surface area is 101 Å². The van der Waals surface area contributed by atoms with E-state index in [9.17, 15) is 4.79 Å². The lowest BCUT2D eigenvalue weighted by molar-refractivity contribution is 0.850. The Balaban J connectivity index is 2.56. The Bertz CT molecular complexity index is 573. The molecular formula is C14H16N2O. The molecule has 3 nitrogen and oxygen atoms in total. The van der Waals surface area contributed by atoms with E-state index in [-0.39, 0.29) is 5.56 Å². The van der Waals surface area contributed by atoms with E-state index in [0.29, 0.717) is 6.54 Å². The lowest BCUT2D eigenvalue weighted by atomic mass is 10.0. The van der Waals surface area contributed by atoms with Gasteiger partial charge in [0.15, 0.2) is 0 Å². The average Bonchev–Trinajstić information content (AvgIpc) is 2.35. The highest BCUT2D eigenvalue weighted by atomic mass is 16.1. The lowest BCUT2D eigenvalue weighted by Crippen LogP contribution is -2.18. The number of aryl methyl sites for hydroxylation is 2. The molecule has 88 valence electrons. The van der Waals surface area contributed by atoms with Gasteiger partial charge in [0.1, 0.15) is 0 Å². The number of hydrogen-bond acceptors (Lipinski definition) is 2. The Morgan fingerprint density at radius 1 is 1.24 bits per heavy atom. The third kappa shape index (κ3) is 2.29. The molecule has 0 saturated heterocycles. The number of rotatable bonds is 2. The molecule has 17 heavy (non-hydrogen) atoms. The fourth-order valence-corrected chi connectivity index (χ4v) is 1.91. The Morgan fingerprint density at radius 2 is 2.00 bits per heavy atom. The summed E-state index contributed by atoms with van der Waals surface area (Å²) in [5, 5.41) is 0. The first-order valence-corrected chi connectivity index (χ1v) is 5.58. The van der Waals surface area contributed by atoms with Crippen LogP contribution in [0, 0.1) is 6.92 Å². The first-order chi connectivity index (χ1) is 8.11. The summed E-state index contributed by atoms with van der Waals surface area (Å²) in [6.07, 6.45) is 1.85. The van der Waals surface area contributed by atoms with Crippen molar-refractivity contribution < 1.29 is 0 Å². The zero-order valence-electron chi connectivity index (χ0n) is 10.1. The highest BCUT2D eigenvalue weighted by Gasteiger charge is 2.03. The molecule has 2 aromatic rings. The molecule has 0 saturated carbocycles. The third-order valence-electron chi connectivity index (χ3n) is 2.86.